The highest BCUT2D eigenvalue weighted by Crippen LogP contribution is 2.35. The first kappa shape index (κ1) is 13.7. The highest BCUT2D eigenvalue weighted by molar-refractivity contribution is 6.15. The van der Waals surface area contributed by atoms with E-state index in [1.807, 2.05) is 0 Å². The summed E-state index contributed by atoms with van der Waals surface area (Å²) in [6, 6.07) is 9.49. The van der Waals surface area contributed by atoms with Crippen LogP contribution in [-0.2, 0) is 0 Å². The zero-order valence-corrected chi connectivity index (χ0v) is 11.2. The molecule has 0 amide bonds. The van der Waals surface area contributed by atoms with Gasteiger partial charge in [-0.25, -0.2) is 0 Å². The summed E-state index contributed by atoms with van der Waals surface area (Å²) in [4.78, 5) is 12.6. The summed E-state index contributed by atoms with van der Waals surface area (Å²) in [5.41, 5.74) is 6.31. The fourth-order valence-corrected chi connectivity index (χ4v) is 2.01. The minimum Gasteiger partial charge on any atom is -0.507 e. The van der Waals surface area contributed by atoms with Crippen LogP contribution in [0, 0.1) is 0 Å². The smallest absolute Gasteiger partial charge is 0.202 e. The van der Waals surface area contributed by atoms with Crippen molar-refractivity contribution in [2.45, 2.75) is 0 Å². The molecule has 0 saturated carbocycles. The quantitative estimate of drug-likeness (QED) is 0.659. The lowest BCUT2D eigenvalue weighted by Crippen LogP contribution is -2.08. The zero-order chi connectivity index (χ0) is 14.7. The molecule has 0 saturated heterocycles. The number of rotatable bonds is 4. The van der Waals surface area contributed by atoms with Crippen molar-refractivity contribution in [3.05, 3.63) is 47.5 Å². The molecule has 0 atom stereocenters. The molecule has 0 bridgehead atoms. The van der Waals surface area contributed by atoms with Crippen LogP contribution in [0.3, 0.4) is 0 Å². The average molecular weight is 273 g/mol. The van der Waals surface area contributed by atoms with Gasteiger partial charge in [-0.15, -0.1) is 0 Å². The van der Waals surface area contributed by atoms with Crippen molar-refractivity contribution in [1.29, 1.82) is 0 Å². The van der Waals surface area contributed by atoms with Gasteiger partial charge >= 0.3 is 0 Å². The van der Waals surface area contributed by atoms with Gasteiger partial charge in [-0.1, -0.05) is 12.1 Å². The van der Waals surface area contributed by atoms with Crippen LogP contribution in [0.1, 0.15) is 15.9 Å². The van der Waals surface area contributed by atoms with Crippen molar-refractivity contribution >= 4 is 11.5 Å². The number of ether oxygens (including phenoxy) is 2. The Morgan fingerprint density at radius 1 is 1.10 bits per heavy atom. The van der Waals surface area contributed by atoms with Gasteiger partial charge in [-0.05, 0) is 24.3 Å². The van der Waals surface area contributed by atoms with Crippen molar-refractivity contribution < 1.29 is 19.4 Å². The lowest BCUT2D eigenvalue weighted by molar-refractivity contribution is 0.103. The summed E-state index contributed by atoms with van der Waals surface area (Å²) in [6.45, 7) is 0. The third-order valence-electron chi connectivity index (χ3n) is 2.95. The molecule has 2 rings (SSSR count). The standard InChI is InChI=1S/C15H15NO4/c1-19-12-8-3-5-9(15(12)20-2)14(18)13-10(16)6-4-7-11(13)17/h3-8,17H,16H2,1-2H3. The number of anilines is 1. The number of phenolic OH excluding ortho intramolecular Hbond substituents is 1. The van der Waals surface area contributed by atoms with Gasteiger partial charge in [0.15, 0.2) is 11.5 Å². The van der Waals surface area contributed by atoms with E-state index in [1.54, 1.807) is 30.3 Å². The third-order valence-corrected chi connectivity index (χ3v) is 2.95. The van der Waals surface area contributed by atoms with E-state index in [0.29, 0.717) is 11.5 Å². The van der Waals surface area contributed by atoms with Crippen molar-refractivity contribution in [3.63, 3.8) is 0 Å². The number of hydrogen-bond donors (Lipinski definition) is 2. The number of nitrogens with two attached hydrogens (primary N) is 1. The maximum Gasteiger partial charge on any atom is 0.202 e. The van der Waals surface area contributed by atoms with E-state index < -0.39 is 5.78 Å². The van der Waals surface area contributed by atoms with E-state index >= 15 is 0 Å². The van der Waals surface area contributed by atoms with Crippen molar-refractivity contribution in [3.8, 4) is 17.2 Å². The highest BCUT2D eigenvalue weighted by Gasteiger charge is 2.22. The minimum atomic E-state index is -0.420. The number of phenols is 1. The number of benzene rings is 2. The van der Waals surface area contributed by atoms with E-state index in [4.69, 9.17) is 15.2 Å². The number of aromatic hydroxyl groups is 1. The van der Waals surface area contributed by atoms with Gasteiger partial charge in [0, 0.05) is 5.69 Å². The average Bonchev–Trinajstić information content (AvgIpc) is 2.45. The second-order valence-corrected chi connectivity index (χ2v) is 4.11. The predicted octanol–water partition coefficient (Wildman–Crippen LogP) is 2.22. The number of carbonyl (C=O) groups excluding carboxylic acids is 1. The molecule has 0 aliphatic carbocycles. The lowest BCUT2D eigenvalue weighted by atomic mass is 9.99. The maximum absolute atomic E-state index is 12.6. The molecule has 0 spiro atoms. The van der Waals surface area contributed by atoms with Gasteiger partial charge in [0.2, 0.25) is 5.78 Å². The predicted molar refractivity (Wildman–Crippen MR) is 75.5 cm³/mol. The van der Waals surface area contributed by atoms with Crippen LogP contribution in [0.25, 0.3) is 0 Å². The second kappa shape index (κ2) is 5.52. The summed E-state index contributed by atoms with van der Waals surface area (Å²) in [6.07, 6.45) is 0. The molecule has 0 aliphatic heterocycles. The number of methoxy groups -OCH3 is 2. The zero-order valence-electron chi connectivity index (χ0n) is 11.2. The summed E-state index contributed by atoms with van der Waals surface area (Å²) < 4.78 is 10.4. The van der Waals surface area contributed by atoms with Gasteiger partial charge < -0.3 is 20.3 Å². The van der Waals surface area contributed by atoms with E-state index in [9.17, 15) is 9.90 Å². The monoisotopic (exact) mass is 273 g/mol. The Bertz CT molecular complexity index is 632. The fourth-order valence-electron chi connectivity index (χ4n) is 2.01. The van der Waals surface area contributed by atoms with E-state index in [-0.39, 0.29) is 22.6 Å². The Hall–Kier alpha value is -2.69. The largest absolute Gasteiger partial charge is 0.507 e. The molecule has 5 heteroatoms. The Labute approximate surface area is 116 Å². The number of para-hydroxylation sites is 1. The molecule has 0 unspecified atom stereocenters. The molecule has 0 radical (unpaired) electrons. The minimum absolute atomic E-state index is 0.0547. The van der Waals surface area contributed by atoms with Gasteiger partial charge in [0.25, 0.3) is 0 Å². The fraction of sp³-hybridized carbons (Fsp3) is 0.133. The molecule has 0 fully saturated rings. The Kier molecular flexibility index (Phi) is 3.79. The SMILES string of the molecule is COc1cccc(C(=O)c2c(N)cccc2O)c1OC. The van der Waals surface area contributed by atoms with E-state index in [1.165, 1.54) is 20.3 Å². The molecular formula is C15H15NO4. The normalized spacial score (nSPS) is 10.1. The van der Waals surface area contributed by atoms with Crippen LogP contribution in [0.4, 0.5) is 5.69 Å². The number of carbonyl (C=O) groups is 1. The molecule has 0 heterocycles. The molecule has 2 aromatic carbocycles. The first-order chi connectivity index (χ1) is 9.60. The van der Waals surface area contributed by atoms with Crippen LogP contribution < -0.4 is 15.2 Å². The molecular weight excluding hydrogens is 258 g/mol. The molecule has 0 aliphatic rings. The Morgan fingerprint density at radius 3 is 2.40 bits per heavy atom. The highest BCUT2D eigenvalue weighted by atomic mass is 16.5. The lowest BCUT2D eigenvalue weighted by Gasteiger charge is -2.13. The van der Waals surface area contributed by atoms with Crippen LogP contribution in [-0.4, -0.2) is 25.1 Å². The van der Waals surface area contributed by atoms with Gasteiger partial charge in [-0.2, -0.15) is 0 Å². The number of hydrogen-bond acceptors (Lipinski definition) is 5. The first-order valence-corrected chi connectivity index (χ1v) is 5.93. The Morgan fingerprint density at radius 2 is 1.80 bits per heavy atom. The topological polar surface area (TPSA) is 81.8 Å². The molecule has 5 nitrogen and oxygen atoms in total. The van der Waals surface area contributed by atoms with Gasteiger partial charge in [0.1, 0.15) is 5.75 Å². The molecule has 2 aromatic rings. The molecule has 104 valence electrons. The maximum atomic E-state index is 12.6. The van der Waals surface area contributed by atoms with Crippen molar-refractivity contribution in [1.82, 2.24) is 0 Å². The van der Waals surface area contributed by atoms with Crippen molar-refractivity contribution in [2.24, 2.45) is 0 Å². The third kappa shape index (κ3) is 2.25. The summed E-state index contributed by atoms with van der Waals surface area (Å²) >= 11 is 0. The van der Waals surface area contributed by atoms with Crippen LogP contribution in [0.5, 0.6) is 17.2 Å². The summed E-state index contributed by atoms with van der Waals surface area (Å²) in [5.74, 6) is 0.159. The summed E-state index contributed by atoms with van der Waals surface area (Å²) in [5, 5.41) is 9.84. The van der Waals surface area contributed by atoms with E-state index in [0.717, 1.165) is 0 Å². The van der Waals surface area contributed by atoms with E-state index in [2.05, 4.69) is 0 Å². The van der Waals surface area contributed by atoms with Crippen molar-refractivity contribution in [2.75, 3.05) is 20.0 Å². The summed E-state index contributed by atoms with van der Waals surface area (Å²) in [7, 11) is 2.93. The van der Waals surface area contributed by atoms with Gasteiger partial charge in [-0.3, -0.25) is 4.79 Å². The molecule has 0 aromatic heterocycles. The Balaban J connectivity index is 2.60. The molecule has 20 heavy (non-hydrogen) atoms. The van der Waals surface area contributed by atoms with Crippen LogP contribution >= 0.6 is 0 Å². The molecule has 3 N–H and O–H groups in total. The first-order valence-electron chi connectivity index (χ1n) is 5.93. The van der Waals surface area contributed by atoms with Crippen LogP contribution in [0.2, 0.25) is 0 Å². The number of ketones is 1. The van der Waals surface area contributed by atoms with Crippen LogP contribution in [0.15, 0.2) is 36.4 Å². The second-order valence-electron chi connectivity index (χ2n) is 4.11. The number of nitrogen functional groups attached to an aromatic ring is 1. The van der Waals surface area contributed by atoms with Gasteiger partial charge in [0.05, 0.1) is 25.3 Å².